The molecule has 0 heterocycles. The van der Waals surface area contributed by atoms with Crippen LogP contribution in [0, 0.1) is 28.1 Å². The molecule has 1 saturated carbocycles. The van der Waals surface area contributed by atoms with Crippen molar-refractivity contribution in [3.05, 3.63) is 76.4 Å². The first-order valence-electron chi connectivity index (χ1n) is 14.7. The van der Waals surface area contributed by atoms with E-state index in [0.29, 0.717) is 18.8 Å². The maximum Gasteiger partial charge on any atom is 0.155 e. The van der Waals surface area contributed by atoms with Crippen LogP contribution in [0.1, 0.15) is 75.3 Å². The largest absolute Gasteiger partial charge is 0.388 e. The lowest BCUT2D eigenvalue weighted by molar-refractivity contribution is -0.115. The summed E-state index contributed by atoms with van der Waals surface area (Å²) < 4.78 is 0. The number of carbonyl (C=O) groups is 1. The number of hydrogen-bond acceptors (Lipinski definition) is 4. The number of benzene rings is 2. The van der Waals surface area contributed by atoms with E-state index in [4.69, 9.17) is 0 Å². The van der Waals surface area contributed by atoms with Gasteiger partial charge in [-0.1, -0.05) is 54.0 Å². The Morgan fingerprint density at radius 3 is 2.56 bits per heavy atom. The van der Waals surface area contributed by atoms with Gasteiger partial charge >= 0.3 is 0 Å². The minimum atomic E-state index is -0.942. The molecule has 0 unspecified atom stereocenters. The van der Waals surface area contributed by atoms with Gasteiger partial charge in [-0.05, 0) is 91.3 Å². The van der Waals surface area contributed by atoms with E-state index in [1.54, 1.807) is 11.1 Å². The van der Waals surface area contributed by atoms with Crippen LogP contribution in [0.2, 0.25) is 0 Å². The molecule has 2 aromatic rings. The fourth-order valence-electron chi connectivity index (χ4n) is 9.42. The van der Waals surface area contributed by atoms with Crippen molar-refractivity contribution < 1.29 is 9.90 Å². The van der Waals surface area contributed by atoms with Gasteiger partial charge in [-0.3, -0.25) is 4.79 Å². The van der Waals surface area contributed by atoms with E-state index in [2.05, 4.69) is 74.5 Å². The van der Waals surface area contributed by atoms with Crippen molar-refractivity contribution in [2.24, 2.45) is 16.7 Å². The minimum absolute atomic E-state index is 0.0656. The highest BCUT2D eigenvalue weighted by atomic mass is 16.3. The Morgan fingerprint density at radius 2 is 1.82 bits per heavy atom. The molecular formula is C35H38N2O2. The normalized spacial score (nSPS) is 34.3. The van der Waals surface area contributed by atoms with E-state index in [9.17, 15) is 15.2 Å². The molecule has 4 heteroatoms. The maximum absolute atomic E-state index is 12.6. The van der Waals surface area contributed by atoms with Crippen LogP contribution >= 0.6 is 0 Å². The van der Waals surface area contributed by atoms with Gasteiger partial charge in [0, 0.05) is 43.0 Å². The third kappa shape index (κ3) is 3.35. The zero-order valence-corrected chi connectivity index (χ0v) is 23.4. The Balaban J connectivity index is 1.40. The standard InChI is InChI=1S/C35H38N2O2/c1-33-21-30-28-10-6-23(22-4-8-26(9-5-22)37(2)3)18-24(28)20-34-14-12-27(38)19-25(34)7-11-29(32(30)34)31(33)13-15-35(33,39)16-17-36/h4-6,8-10,18-19,30-31,39H,7,11-16,20-21H2,1-3H3/t30-,31+,33+,34-,35-/m1/s1. The number of nitrogens with zero attached hydrogens (tertiary/aromatic N) is 2. The van der Waals surface area contributed by atoms with Crippen LogP contribution in [-0.4, -0.2) is 30.6 Å². The third-order valence-corrected chi connectivity index (χ3v) is 11.4. The summed E-state index contributed by atoms with van der Waals surface area (Å²) in [6, 6.07) is 18.1. The Bertz CT molecular complexity index is 1490. The zero-order chi connectivity index (χ0) is 27.2. The van der Waals surface area contributed by atoms with Gasteiger partial charge in [0.25, 0.3) is 0 Å². The summed E-state index contributed by atoms with van der Waals surface area (Å²) in [6.45, 7) is 2.27. The summed E-state index contributed by atoms with van der Waals surface area (Å²) in [4.78, 5) is 14.7. The Hall–Kier alpha value is -3.16. The number of aliphatic hydroxyl groups is 1. The Kier molecular flexibility index (Phi) is 5.36. The van der Waals surface area contributed by atoms with E-state index >= 15 is 0 Å². The molecule has 0 saturated heterocycles. The number of nitriles is 1. The summed E-state index contributed by atoms with van der Waals surface area (Å²) >= 11 is 0. The minimum Gasteiger partial charge on any atom is -0.388 e. The summed E-state index contributed by atoms with van der Waals surface area (Å²) in [5.41, 5.74) is 9.61. The van der Waals surface area contributed by atoms with Crippen molar-refractivity contribution in [1.82, 2.24) is 0 Å². The molecule has 1 N–H and O–H groups in total. The molecule has 5 aliphatic rings. The van der Waals surface area contributed by atoms with Gasteiger partial charge in [-0.15, -0.1) is 0 Å². The first-order chi connectivity index (χ1) is 18.7. The van der Waals surface area contributed by atoms with E-state index in [1.807, 2.05) is 6.08 Å². The van der Waals surface area contributed by atoms with Crippen molar-refractivity contribution in [3.8, 4) is 17.2 Å². The van der Waals surface area contributed by atoms with E-state index in [0.717, 1.165) is 38.5 Å². The van der Waals surface area contributed by atoms with Crippen molar-refractivity contribution >= 4 is 11.5 Å². The summed E-state index contributed by atoms with van der Waals surface area (Å²) in [7, 11) is 4.13. The molecule has 7 rings (SSSR count). The predicted octanol–water partition coefficient (Wildman–Crippen LogP) is 6.89. The monoisotopic (exact) mass is 518 g/mol. The molecule has 5 aliphatic carbocycles. The van der Waals surface area contributed by atoms with Crippen molar-refractivity contribution in [2.75, 3.05) is 19.0 Å². The van der Waals surface area contributed by atoms with E-state index < -0.39 is 5.60 Å². The molecule has 0 bridgehead atoms. The number of hydrogen-bond donors (Lipinski definition) is 1. The molecule has 2 aromatic carbocycles. The predicted molar refractivity (Wildman–Crippen MR) is 154 cm³/mol. The third-order valence-electron chi connectivity index (χ3n) is 11.4. The lowest BCUT2D eigenvalue weighted by Crippen LogP contribution is -2.52. The number of carbonyl (C=O) groups excluding carboxylic acids is 1. The van der Waals surface area contributed by atoms with Gasteiger partial charge < -0.3 is 10.0 Å². The molecule has 1 fully saturated rings. The number of allylic oxidation sites excluding steroid dienone is 4. The van der Waals surface area contributed by atoms with Crippen molar-refractivity contribution in [2.45, 2.75) is 76.2 Å². The lowest BCUT2D eigenvalue weighted by Gasteiger charge is -2.59. The first kappa shape index (κ1) is 24.9. The van der Waals surface area contributed by atoms with Gasteiger partial charge in [-0.2, -0.15) is 5.26 Å². The highest BCUT2D eigenvalue weighted by Gasteiger charge is 2.64. The van der Waals surface area contributed by atoms with E-state index in [-0.39, 0.29) is 29.0 Å². The summed E-state index contributed by atoms with van der Waals surface area (Å²) in [5.74, 6) is 0.839. The molecule has 1 spiro atoms. The molecule has 4 nitrogen and oxygen atoms in total. The average Bonchev–Trinajstić information content (AvgIpc) is 3.18. The summed E-state index contributed by atoms with van der Waals surface area (Å²) in [5, 5.41) is 21.6. The Labute approximate surface area is 232 Å². The van der Waals surface area contributed by atoms with Crippen LogP contribution in [0.5, 0.6) is 0 Å². The van der Waals surface area contributed by atoms with Crippen LogP contribution < -0.4 is 4.90 Å². The number of anilines is 1. The van der Waals surface area contributed by atoms with Crippen LogP contribution in [-0.2, 0) is 11.2 Å². The molecule has 0 aliphatic heterocycles. The van der Waals surface area contributed by atoms with Crippen LogP contribution in [0.15, 0.2) is 65.3 Å². The molecule has 200 valence electrons. The van der Waals surface area contributed by atoms with Crippen LogP contribution in [0.3, 0.4) is 0 Å². The molecule has 0 radical (unpaired) electrons. The smallest absolute Gasteiger partial charge is 0.155 e. The van der Waals surface area contributed by atoms with Gasteiger partial charge in [0.2, 0.25) is 0 Å². The summed E-state index contributed by atoms with van der Waals surface area (Å²) in [6.07, 6.45) is 9.16. The van der Waals surface area contributed by atoms with E-state index in [1.165, 1.54) is 33.5 Å². The van der Waals surface area contributed by atoms with Crippen LogP contribution in [0.4, 0.5) is 5.69 Å². The van der Waals surface area contributed by atoms with Gasteiger partial charge in [0.1, 0.15) is 0 Å². The molecule has 0 amide bonds. The van der Waals surface area contributed by atoms with Crippen molar-refractivity contribution in [1.29, 1.82) is 5.26 Å². The highest BCUT2D eigenvalue weighted by molar-refractivity contribution is 5.92. The van der Waals surface area contributed by atoms with Gasteiger partial charge in [0.05, 0.1) is 18.1 Å². The fourth-order valence-corrected chi connectivity index (χ4v) is 9.42. The van der Waals surface area contributed by atoms with Crippen molar-refractivity contribution in [3.63, 3.8) is 0 Å². The average molecular weight is 519 g/mol. The number of ketones is 1. The Morgan fingerprint density at radius 1 is 1.05 bits per heavy atom. The van der Waals surface area contributed by atoms with Gasteiger partial charge in [-0.25, -0.2) is 0 Å². The quantitative estimate of drug-likeness (QED) is 0.450. The second kappa shape index (κ2) is 8.42. The zero-order valence-electron chi connectivity index (χ0n) is 23.4. The second-order valence-electron chi connectivity index (χ2n) is 13.3. The lowest BCUT2D eigenvalue weighted by atomic mass is 9.45. The molecule has 39 heavy (non-hydrogen) atoms. The molecular weight excluding hydrogens is 480 g/mol. The SMILES string of the molecule is CN(C)c1ccc(-c2ccc3c(c2)C[C@]24CCC(=O)C=C2CCC2=C4[C@@H]3C[C@@]3(C)[C@H]2CC[C@@]3(O)CC#N)cc1. The van der Waals surface area contributed by atoms with Crippen LogP contribution in [0.25, 0.3) is 11.1 Å². The number of rotatable bonds is 3. The first-order valence-corrected chi connectivity index (χ1v) is 14.7. The van der Waals surface area contributed by atoms with Gasteiger partial charge in [0.15, 0.2) is 5.78 Å². The topological polar surface area (TPSA) is 64.3 Å². The highest BCUT2D eigenvalue weighted by Crippen LogP contribution is 2.71. The fraction of sp³-hybridized carbons (Fsp3) is 0.486. The number of fused-ring (bicyclic) bond motifs is 4. The second-order valence-corrected chi connectivity index (χ2v) is 13.3. The maximum atomic E-state index is 12.6. The molecule has 0 aromatic heterocycles. The molecule has 5 atom stereocenters.